The lowest BCUT2D eigenvalue weighted by molar-refractivity contribution is 0.0994. The van der Waals surface area contributed by atoms with E-state index >= 15 is 0 Å². The Morgan fingerprint density at radius 1 is 1.19 bits per heavy atom. The predicted octanol–water partition coefficient (Wildman–Crippen LogP) is 4.20. The van der Waals surface area contributed by atoms with E-state index in [1.165, 1.54) is 11.8 Å². The third-order valence-electron chi connectivity index (χ3n) is 3.95. The summed E-state index contributed by atoms with van der Waals surface area (Å²) >= 11 is 1.41. The van der Waals surface area contributed by atoms with Gasteiger partial charge in [0.1, 0.15) is 0 Å². The van der Waals surface area contributed by atoms with Crippen molar-refractivity contribution in [3.05, 3.63) is 72.6 Å². The minimum absolute atomic E-state index is 0.0774. The van der Waals surface area contributed by atoms with Gasteiger partial charge in [0.05, 0.1) is 5.25 Å². The normalized spacial score (nSPS) is 11.9. The Labute approximate surface area is 157 Å². The highest BCUT2D eigenvalue weighted by Gasteiger charge is 2.21. The van der Waals surface area contributed by atoms with Crippen LogP contribution >= 0.6 is 11.8 Å². The molecule has 0 amide bonds. The zero-order valence-electron chi connectivity index (χ0n) is 14.8. The minimum Gasteiger partial charge on any atom is -0.298 e. The maximum atomic E-state index is 12.7. The molecule has 5 nitrogen and oxygen atoms in total. The van der Waals surface area contributed by atoms with Gasteiger partial charge in [-0.1, -0.05) is 47.7 Å². The van der Waals surface area contributed by atoms with Crippen LogP contribution in [0.15, 0.2) is 66.6 Å². The summed E-state index contributed by atoms with van der Waals surface area (Å²) < 4.78 is 1.96. The Balaban J connectivity index is 1.85. The molecule has 6 heteroatoms. The number of Topliss-reactive ketones (excluding diaryl/α,β-unsaturated/α-hetero) is 1. The number of benzene rings is 1. The van der Waals surface area contributed by atoms with E-state index in [1.807, 2.05) is 54.8 Å². The molecule has 0 spiro atoms. The molecule has 0 radical (unpaired) electrons. The van der Waals surface area contributed by atoms with Gasteiger partial charge in [-0.25, -0.2) is 0 Å². The number of aryl methyl sites for hydroxylation is 1. The monoisotopic (exact) mass is 364 g/mol. The average molecular weight is 364 g/mol. The molecule has 0 saturated carbocycles. The van der Waals surface area contributed by atoms with Crippen LogP contribution in [0.1, 0.15) is 22.8 Å². The summed E-state index contributed by atoms with van der Waals surface area (Å²) in [5, 5.41) is 9.03. The van der Waals surface area contributed by atoms with Gasteiger partial charge in [0.2, 0.25) is 0 Å². The predicted molar refractivity (Wildman–Crippen MR) is 104 cm³/mol. The van der Waals surface area contributed by atoms with Crippen molar-refractivity contribution in [2.45, 2.75) is 30.8 Å². The third kappa shape index (κ3) is 3.91. The lowest BCUT2D eigenvalue weighted by Crippen LogP contribution is -2.14. The number of pyridine rings is 1. The van der Waals surface area contributed by atoms with E-state index in [-0.39, 0.29) is 11.0 Å². The number of carbonyl (C=O) groups is 1. The smallest absolute Gasteiger partial charge is 0.192 e. The van der Waals surface area contributed by atoms with Crippen LogP contribution in [-0.4, -0.2) is 30.8 Å². The van der Waals surface area contributed by atoms with E-state index in [0.29, 0.717) is 17.3 Å². The Hall–Kier alpha value is -2.73. The van der Waals surface area contributed by atoms with Crippen LogP contribution in [0.4, 0.5) is 0 Å². The Kier molecular flexibility index (Phi) is 5.63. The quantitative estimate of drug-likeness (QED) is 0.357. The molecule has 0 aliphatic rings. The van der Waals surface area contributed by atoms with Crippen LogP contribution in [-0.2, 0) is 6.54 Å². The second-order valence-corrected chi connectivity index (χ2v) is 7.24. The number of hydrogen-bond donors (Lipinski definition) is 0. The largest absolute Gasteiger partial charge is 0.298 e. The molecule has 2 heterocycles. The maximum absolute atomic E-state index is 12.7. The van der Waals surface area contributed by atoms with Gasteiger partial charge in [-0.05, 0) is 26.0 Å². The summed E-state index contributed by atoms with van der Waals surface area (Å²) in [5.41, 5.74) is 2.77. The molecule has 0 N–H and O–H groups in total. The van der Waals surface area contributed by atoms with E-state index in [2.05, 4.69) is 21.8 Å². The van der Waals surface area contributed by atoms with Gasteiger partial charge in [-0.15, -0.1) is 16.8 Å². The molecule has 0 saturated heterocycles. The van der Waals surface area contributed by atoms with Gasteiger partial charge in [-0.2, -0.15) is 0 Å². The summed E-state index contributed by atoms with van der Waals surface area (Å²) in [6, 6.07) is 11.4. The van der Waals surface area contributed by atoms with E-state index in [0.717, 1.165) is 17.0 Å². The zero-order chi connectivity index (χ0) is 18.5. The molecule has 132 valence electrons. The highest BCUT2D eigenvalue weighted by atomic mass is 32.2. The molecule has 0 bridgehead atoms. The van der Waals surface area contributed by atoms with Crippen LogP contribution in [0.5, 0.6) is 0 Å². The number of allylic oxidation sites excluding steroid dienone is 1. The zero-order valence-corrected chi connectivity index (χ0v) is 15.6. The van der Waals surface area contributed by atoms with E-state index in [4.69, 9.17) is 0 Å². The van der Waals surface area contributed by atoms with Gasteiger partial charge in [0.25, 0.3) is 0 Å². The number of aromatic nitrogens is 4. The summed E-state index contributed by atoms with van der Waals surface area (Å²) in [4.78, 5) is 16.7. The van der Waals surface area contributed by atoms with E-state index < -0.39 is 0 Å². The molecule has 26 heavy (non-hydrogen) atoms. The van der Waals surface area contributed by atoms with Crippen LogP contribution in [0, 0.1) is 6.92 Å². The van der Waals surface area contributed by atoms with E-state index in [9.17, 15) is 4.79 Å². The number of rotatable bonds is 7. The van der Waals surface area contributed by atoms with Crippen LogP contribution in [0.3, 0.4) is 0 Å². The van der Waals surface area contributed by atoms with Crippen molar-refractivity contribution in [3.63, 3.8) is 0 Å². The molecular weight excluding hydrogens is 344 g/mol. The minimum atomic E-state index is -0.268. The average Bonchev–Trinajstić information content (AvgIpc) is 3.05. The van der Waals surface area contributed by atoms with Gasteiger partial charge in [0.15, 0.2) is 16.8 Å². The van der Waals surface area contributed by atoms with Gasteiger partial charge in [0, 0.05) is 30.1 Å². The van der Waals surface area contributed by atoms with Crippen molar-refractivity contribution in [2.24, 2.45) is 0 Å². The first kappa shape index (κ1) is 18.1. The molecule has 3 aromatic rings. The summed E-state index contributed by atoms with van der Waals surface area (Å²) in [6.07, 6.45) is 5.24. The fraction of sp³-hybridized carbons (Fsp3) is 0.200. The lowest BCUT2D eigenvalue weighted by Gasteiger charge is -2.12. The van der Waals surface area contributed by atoms with Crippen molar-refractivity contribution in [1.29, 1.82) is 0 Å². The molecule has 1 aromatic carbocycles. The van der Waals surface area contributed by atoms with Crippen LogP contribution < -0.4 is 0 Å². The molecule has 3 rings (SSSR count). The molecule has 0 aliphatic carbocycles. The van der Waals surface area contributed by atoms with Gasteiger partial charge >= 0.3 is 0 Å². The first-order valence-corrected chi connectivity index (χ1v) is 9.20. The topological polar surface area (TPSA) is 60.7 Å². The highest BCUT2D eigenvalue weighted by Crippen LogP contribution is 2.28. The molecule has 0 unspecified atom stereocenters. The van der Waals surface area contributed by atoms with Crippen LogP contribution in [0.25, 0.3) is 11.4 Å². The van der Waals surface area contributed by atoms with Gasteiger partial charge < -0.3 is 0 Å². The molecule has 1 atom stereocenters. The summed E-state index contributed by atoms with van der Waals surface area (Å²) in [5.74, 6) is 0.818. The van der Waals surface area contributed by atoms with Crippen LogP contribution in [0.2, 0.25) is 0 Å². The molecule has 0 aliphatic heterocycles. The van der Waals surface area contributed by atoms with Crippen molar-refractivity contribution >= 4 is 17.5 Å². The SMILES string of the molecule is C=CCn1c(S[C@H](C)C(=O)c2ccc(C)cc2)nnc1-c1ccncc1. The first-order chi connectivity index (χ1) is 12.6. The first-order valence-electron chi connectivity index (χ1n) is 8.32. The summed E-state index contributed by atoms with van der Waals surface area (Å²) in [6.45, 7) is 8.28. The number of hydrogen-bond acceptors (Lipinski definition) is 5. The van der Waals surface area contributed by atoms with Crippen molar-refractivity contribution < 1.29 is 4.79 Å². The number of nitrogens with zero attached hydrogens (tertiary/aromatic N) is 4. The number of thioether (sulfide) groups is 1. The Morgan fingerprint density at radius 3 is 2.54 bits per heavy atom. The van der Waals surface area contributed by atoms with E-state index in [1.54, 1.807) is 18.5 Å². The van der Waals surface area contributed by atoms with Gasteiger partial charge in [-0.3, -0.25) is 14.3 Å². The third-order valence-corrected chi connectivity index (χ3v) is 5.04. The Morgan fingerprint density at radius 2 is 1.88 bits per heavy atom. The summed E-state index contributed by atoms with van der Waals surface area (Å²) in [7, 11) is 0. The molecule has 2 aromatic heterocycles. The Bertz CT molecular complexity index is 903. The number of ketones is 1. The van der Waals surface area contributed by atoms with Crippen molar-refractivity contribution in [1.82, 2.24) is 19.7 Å². The fourth-order valence-electron chi connectivity index (χ4n) is 2.55. The highest BCUT2D eigenvalue weighted by molar-refractivity contribution is 8.00. The molecular formula is C20H20N4OS. The molecule has 0 fully saturated rings. The maximum Gasteiger partial charge on any atom is 0.192 e. The van der Waals surface area contributed by atoms with Crippen molar-refractivity contribution in [2.75, 3.05) is 0 Å². The van der Waals surface area contributed by atoms with Crippen molar-refractivity contribution in [3.8, 4) is 11.4 Å². The standard InChI is InChI=1S/C20H20N4OS/c1-4-13-24-19(17-9-11-21-12-10-17)22-23-20(24)26-15(3)18(25)16-7-5-14(2)6-8-16/h4-12,15H,1,13H2,2-3H3/t15-/m1/s1. The lowest BCUT2D eigenvalue weighted by atomic mass is 10.1. The second-order valence-electron chi connectivity index (χ2n) is 5.93. The number of carbonyl (C=O) groups excluding carboxylic acids is 1. The fourth-order valence-corrected chi connectivity index (χ4v) is 3.48. The second kappa shape index (κ2) is 8.10.